The van der Waals surface area contributed by atoms with Crippen LogP contribution in [0.5, 0.6) is 0 Å². The molecule has 2 aromatic rings. The van der Waals surface area contributed by atoms with E-state index < -0.39 is 0 Å². The van der Waals surface area contributed by atoms with Crippen molar-refractivity contribution in [1.29, 1.82) is 0 Å². The number of hydrogen-bond acceptors (Lipinski definition) is 2. The molecule has 4 heteroatoms. The van der Waals surface area contributed by atoms with Gasteiger partial charge in [0.2, 0.25) is 0 Å². The Hall–Kier alpha value is -2.10. The minimum atomic E-state index is 0.00880. The lowest BCUT2D eigenvalue weighted by atomic mass is 10.1. The van der Waals surface area contributed by atoms with Crippen molar-refractivity contribution >= 4 is 5.91 Å². The van der Waals surface area contributed by atoms with Crippen LogP contribution in [0, 0.1) is 6.92 Å². The smallest absolute Gasteiger partial charge is 0.257 e. The summed E-state index contributed by atoms with van der Waals surface area (Å²) in [5.41, 5.74) is 2.98. The van der Waals surface area contributed by atoms with Gasteiger partial charge in [0.25, 0.3) is 5.91 Å². The van der Waals surface area contributed by atoms with Crippen LogP contribution in [-0.4, -0.2) is 27.5 Å². The van der Waals surface area contributed by atoms with Gasteiger partial charge in [-0.1, -0.05) is 24.3 Å². The van der Waals surface area contributed by atoms with Gasteiger partial charge < -0.3 is 4.90 Å². The Morgan fingerprint density at radius 3 is 2.78 bits per heavy atom. The molecule has 0 saturated heterocycles. The van der Waals surface area contributed by atoms with Gasteiger partial charge in [0.15, 0.2) is 0 Å². The average Bonchev–Trinajstić information content (AvgIpc) is 2.91. The van der Waals surface area contributed by atoms with Crippen molar-refractivity contribution in [1.82, 2.24) is 15.1 Å². The summed E-state index contributed by atoms with van der Waals surface area (Å²) in [5.74, 6) is 0.00880. The van der Waals surface area contributed by atoms with Crippen LogP contribution in [0.25, 0.3) is 0 Å². The molecule has 1 amide bonds. The molecule has 1 aromatic heterocycles. The van der Waals surface area contributed by atoms with Crippen molar-refractivity contribution in [3.05, 3.63) is 53.3 Å². The fraction of sp³-hybridized carbons (Fsp3) is 0.286. The maximum absolute atomic E-state index is 12.2. The van der Waals surface area contributed by atoms with E-state index in [4.69, 9.17) is 0 Å². The minimum absolute atomic E-state index is 0.00880. The number of H-pyrrole nitrogens is 1. The highest BCUT2D eigenvalue weighted by Crippen LogP contribution is 2.12. The molecule has 0 aliphatic rings. The first-order valence-corrected chi connectivity index (χ1v) is 6.05. The molecule has 0 saturated carbocycles. The van der Waals surface area contributed by atoms with Gasteiger partial charge in [-0.05, 0) is 25.0 Å². The number of amides is 1. The summed E-state index contributed by atoms with van der Waals surface area (Å²) >= 11 is 0. The Kier molecular flexibility index (Phi) is 3.77. The second-order valence-electron chi connectivity index (χ2n) is 4.23. The quantitative estimate of drug-likeness (QED) is 0.896. The zero-order chi connectivity index (χ0) is 13.0. The van der Waals surface area contributed by atoms with E-state index in [2.05, 4.69) is 29.3 Å². The molecule has 2 rings (SSSR count). The Balaban J connectivity index is 2.15. The normalized spacial score (nSPS) is 10.3. The summed E-state index contributed by atoms with van der Waals surface area (Å²) in [6.45, 7) is 5.35. The van der Waals surface area contributed by atoms with Gasteiger partial charge in [-0.25, -0.2) is 0 Å². The molecule has 0 unspecified atom stereocenters. The van der Waals surface area contributed by atoms with E-state index >= 15 is 0 Å². The Labute approximate surface area is 107 Å². The first-order chi connectivity index (χ1) is 8.72. The van der Waals surface area contributed by atoms with Crippen LogP contribution < -0.4 is 0 Å². The number of carbonyl (C=O) groups excluding carboxylic acids is 1. The number of rotatable bonds is 4. The van der Waals surface area contributed by atoms with E-state index in [9.17, 15) is 4.79 Å². The molecule has 1 N–H and O–H groups in total. The van der Waals surface area contributed by atoms with Crippen molar-refractivity contribution in [2.75, 3.05) is 6.54 Å². The lowest BCUT2D eigenvalue weighted by Gasteiger charge is -2.21. The van der Waals surface area contributed by atoms with Crippen LogP contribution in [0.1, 0.15) is 28.4 Å². The van der Waals surface area contributed by atoms with Crippen molar-refractivity contribution in [3.8, 4) is 0 Å². The van der Waals surface area contributed by atoms with Crippen molar-refractivity contribution < 1.29 is 4.79 Å². The molecule has 94 valence electrons. The monoisotopic (exact) mass is 243 g/mol. The molecule has 0 aliphatic carbocycles. The van der Waals surface area contributed by atoms with Gasteiger partial charge in [-0.3, -0.25) is 9.89 Å². The van der Waals surface area contributed by atoms with E-state index in [1.54, 1.807) is 12.4 Å². The zero-order valence-electron chi connectivity index (χ0n) is 10.7. The van der Waals surface area contributed by atoms with E-state index in [1.807, 2.05) is 24.0 Å². The van der Waals surface area contributed by atoms with Crippen LogP contribution in [0.2, 0.25) is 0 Å². The number of nitrogens with zero attached hydrogens (tertiary/aromatic N) is 2. The Morgan fingerprint density at radius 1 is 1.39 bits per heavy atom. The van der Waals surface area contributed by atoms with Gasteiger partial charge in [0, 0.05) is 19.3 Å². The van der Waals surface area contributed by atoms with Crippen molar-refractivity contribution in [2.24, 2.45) is 0 Å². The molecule has 4 nitrogen and oxygen atoms in total. The van der Waals surface area contributed by atoms with Crippen LogP contribution in [0.15, 0.2) is 36.7 Å². The van der Waals surface area contributed by atoms with Gasteiger partial charge in [0.1, 0.15) is 0 Å². The molecule has 18 heavy (non-hydrogen) atoms. The van der Waals surface area contributed by atoms with Crippen LogP contribution in [0.4, 0.5) is 0 Å². The molecule has 0 spiro atoms. The highest BCUT2D eigenvalue weighted by molar-refractivity contribution is 5.93. The summed E-state index contributed by atoms with van der Waals surface area (Å²) in [7, 11) is 0. The zero-order valence-corrected chi connectivity index (χ0v) is 10.7. The van der Waals surface area contributed by atoms with Crippen LogP contribution in [0.3, 0.4) is 0 Å². The maximum atomic E-state index is 12.2. The van der Waals surface area contributed by atoms with E-state index in [0.717, 1.165) is 0 Å². The van der Waals surface area contributed by atoms with Gasteiger partial charge in [0.05, 0.1) is 11.8 Å². The lowest BCUT2D eigenvalue weighted by Crippen LogP contribution is -2.30. The molecule has 0 fully saturated rings. The van der Waals surface area contributed by atoms with Crippen LogP contribution >= 0.6 is 0 Å². The topological polar surface area (TPSA) is 49.0 Å². The molecule has 1 aromatic carbocycles. The van der Waals surface area contributed by atoms with Gasteiger partial charge >= 0.3 is 0 Å². The van der Waals surface area contributed by atoms with E-state index in [-0.39, 0.29) is 5.91 Å². The molecule has 0 radical (unpaired) electrons. The van der Waals surface area contributed by atoms with E-state index in [1.165, 1.54) is 11.1 Å². The molecule has 1 heterocycles. The summed E-state index contributed by atoms with van der Waals surface area (Å²) in [6, 6.07) is 8.12. The lowest BCUT2D eigenvalue weighted by molar-refractivity contribution is 0.0752. The number of aryl methyl sites for hydroxylation is 1. The van der Waals surface area contributed by atoms with Gasteiger partial charge in [-0.15, -0.1) is 0 Å². The maximum Gasteiger partial charge on any atom is 0.257 e. The molecule has 0 bridgehead atoms. The third-order valence-corrected chi connectivity index (χ3v) is 3.04. The summed E-state index contributed by atoms with van der Waals surface area (Å²) in [4.78, 5) is 14.0. The number of carbonyl (C=O) groups is 1. The highest BCUT2D eigenvalue weighted by Gasteiger charge is 2.15. The largest absolute Gasteiger partial charge is 0.334 e. The van der Waals surface area contributed by atoms with E-state index in [0.29, 0.717) is 18.7 Å². The summed E-state index contributed by atoms with van der Waals surface area (Å²) in [6.07, 6.45) is 3.19. The van der Waals surface area contributed by atoms with Gasteiger partial charge in [-0.2, -0.15) is 5.10 Å². The molecule has 0 atom stereocenters. The standard InChI is InChI=1S/C14H17N3O/c1-3-17(14(18)13-8-15-16-9-13)10-12-7-5-4-6-11(12)2/h4-9H,3,10H2,1-2H3,(H,15,16). The first kappa shape index (κ1) is 12.4. The second-order valence-corrected chi connectivity index (χ2v) is 4.23. The summed E-state index contributed by atoms with van der Waals surface area (Å²) < 4.78 is 0. The Bertz CT molecular complexity index is 520. The fourth-order valence-corrected chi connectivity index (χ4v) is 1.87. The highest BCUT2D eigenvalue weighted by atomic mass is 16.2. The number of aromatic nitrogens is 2. The first-order valence-electron chi connectivity index (χ1n) is 6.05. The predicted molar refractivity (Wildman–Crippen MR) is 70.2 cm³/mol. The fourth-order valence-electron chi connectivity index (χ4n) is 1.87. The number of hydrogen-bond donors (Lipinski definition) is 1. The molecule has 0 aliphatic heterocycles. The predicted octanol–water partition coefficient (Wildman–Crippen LogP) is 2.38. The van der Waals surface area contributed by atoms with Crippen molar-refractivity contribution in [2.45, 2.75) is 20.4 Å². The number of nitrogens with one attached hydrogen (secondary N) is 1. The van der Waals surface area contributed by atoms with Crippen molar-refractivity contribution in [3.63, 3.8) is 0 Å². The Morgan fingerprint density at radius 2 is 2.17 bits per heavy atom. The van der Waals surface area contributed by atoms with Crippen LogP contribution in [-0.2, 0) is 6.54 Å². The number of benzene rings is 1. The number of aromatic amines is 1. The second kappa shape index (κ2) is 5.49. The third kappa shape index (κ3) is 2.59. The summed E-state index contributed by atoms with van der Waals surface area (Å²) in [5, 5.41) is 6.48. The molecular weight excluding hydrogens is 226 g/mol. The third-order valence-electron chi connectivity index (χ3n) is 3.04. The minimum Gasteiger partial charge on any atom is -0.334 e. The molecular formula is C14H17N3O. The SMILES string of the molecule is CCN(Cc1ccccc1C)C(=O)c1cn[nH]c1. The average molecular weight is 243 g/mol.